The van der Waals surface area contributed by atoms with Crippen LogP contribution in [0.25, 0.3) is 0 Å². The van der Waals surface area contributed by atoms with Crippen LogP contribution in [-0.2, 0) is 23.9 Å². The van der Waals surface area contributed by atoms with Gasteiger partial charge in [0.1, 0.15) is 5.78 Å². The van der Waals surface area contributed by atoms with E-state index < -0.39 is 0 Å². The van der Waals surface area contributed by atoms with Crippen LogP contribution in [0.3, 0.4) is 0 Å². The summed E-state index contributed by atoms with van der Waals surface area (Å²) in [7, 11) is 2.13. The summed E-state index contributed by atoms with van der Waals surface area (Å²) in [6.45, 7) is 11.9. The number of ether oxygens (including phenoxy) is 2. The number of likely N-dealkylation sites (tertiary alicyclic amines) is 1. The van der Waals surface area contributed by atoms with Crippen LogP contribution in [0.2, 0.25) is 0 Å². The van der Waals surface area contributed by atoms with E-state index in [-0.39, 0.29) is 17.9 Å². The number of carbonyl (C=O) groups is 3. The molecule has 7 nitrogen and oxygen atoms in total. The fourth-order valence-corrected chi connectivity index (χ4v) is 8.77. The van der Waals surface area contributed by atoms with Crippen molar-refractivity contribution in [3.05, 3.63) is 12.2 Å². The van der Waals surface area contributed by atoms with E-state index in [4.69, 9.17) is 9.47 Å². The van der Waals surface area contributed by atoms with Crippen molar-refractivity contribution in [2.45, 2.75) is 252 Å². The van der Waals surface area contributed by atoms with Gasteiger partial charge in [0, 0.05) is 25.4 Å². The molecule has 1 atom stereocenters. The summed E-state index contributed by atoms with van der Waals surface area (Å²) in [4.78, 5) is 42.7. The van der Waals surface area contributed by atoms with E-state index in [1.54, 1.807) is 0 Å². The van der Waals surface area contributed by atoms with E-state index in [0.29, 0.717) is 51.3 Å². The van der Waals surface area contributed by atoms with Gasteiger partial charge in [-0.3, -0.25) is 14.4 Å². The molecular weight excluding hydrogens is 757 g/mol. The Kier molecular flexibility index (Phi) is 40.9. The van der Waals surface area contributed by atoms with Crippen LogP contribution in [0.5, 0.6) is 0 Å². The number of carbonyl (C=O) groups excluding carboxylic acids is 3. The summed E-state index contributed by atoms with van der Waals surface area (Å²) in [6, 6.07) is 0. The lowest BCUT2D eigenvalue weighted by Gasteiger charge is -2.28. The Balaban J connectivity index is 2.21. The molecule has 0 spiro atoms. The zero-order valence-corrected chi connectivity index (χ0v) is 41.2. The van der Waals surface area contributed by atoms with Gasteiger partial charge in [-0.1, -0.05) is 181 Å². The maximum Gasteiger partial charge on any atom is 0.307 e. The lowest BCUT2D eigenvalue weighted by Crippen LogP contribution is -2.33. The normalized spacial score (nSPS) is 14.3. The molecule has 1 rings (SSSR count). The van der Waals surface area contributed by atoms with Gasteiger partial charge in [-0.15, -0.1) is 0 Å². The van der Waals surface area contributed by atoms with E-state index in [9.17, 15) is 14.4 Å². The quantitative estimate of drug-likeness (QED) is 0.0343. The molecule has 1 unspecified atom stereocenters. The zero-order valence-electron chi connectivity index (χ0n) is 41.2. The number of esters is 2. The summed E-state index contributed by atoms with van der Waals surface area (Å²) < 4.78 is 11.2. The van der Waals surface area contributed by atoms with Crippen molar-refractivity contribution in [1.29, 1.82) is 0 Å². The van der Waals surface area contributed by atoms with E-state index >= 15 is 0 Å². The smallest absolute Gasteiger partial charge is 0.307 e. The third-order valence-electron chi connectivity index (χ3n) is 13.2. The number of ketones is 1. The van der Waals surface area contributed by atoms with E-state index in [0.717, 1.165) is 76.9 Å². The van der Waals surface area contributed by atoms with Crippen molar-refractivity contribution in [2.75, 3.05) is 53.0 Å². The number of piperidine rings is 1. The van der Waals surface area contributed by atoms with Gasteiger partial charge in [-0.25, -0.2) is 0 Å². The Hall–Kier alpha value is -1.73. The highest BCUT2D eigenvalue weighted by Gasteiger charge is 2.23. The highest BCUT2D eigenvalue weighted by molar-refractivity contribution is 5.81. The van der Waals surface area contributed by atoms with Crippen LogP contribution in [0.4, 0.5) is 0 Å². The Morgan fingerprint density at radius 3 is 1.39 bits per heavy atom. The highest BCUT2D eigenvalue weighted by atomic mass is 16.5. The summed E-state index contributed by atoms with van der Waals surface area (Å²) >= 11 is 0. The first kappa shape index (κ1) is 57.3. The van der Waals surface area contributed by atoms with Gasteiger partial charge in [0.25, 0.3) is 0 Å². The Morgan fingerprint density at radius 1 is 0.525 bits per heavy atom. The first-order valence-electron chi connectivity index (χ1n) is 26.8. The largest absolute Gasteiger partial charge is 0.466 e. The molecule has 0 radical (unpaired) electrons. The molecule has 0 amide bonds. The predicted octanol–water partition coefficient (Wildman–Crippen LogP) is 14.8. The molecule has 1 aliphatic rings. The average molecular weight is 859 g/mol. The number of hydrogen-bond donors (Lipinski definition) is 0. The fourth-order valence-electron chi connectivity index (χ4n) is 8.77. The molecule has 1 aliphatic heterocycles. The Bertz CT molecular complexity index is 1020. The maximum atomic E-state index is 12.8. The lowest BCUT2D eigenvalue weighted by molar-refractivity contribution is -0.144. The minimum Gasteiger partial charge on any atom is -0.466 e. The third-order valence-corrected chi connectivity index (χ3v) is 13.2. The van der Waals surface area contributed by atoms with Crippen LogP contribution in [0.15, 0.2) is 12.2 Å². The minimum absolute atomic E-state index is 0.153. The van der Waals surface area contributed by atoms with Gasteiger partial charge < -0.3 is 19.3 Å². The van der Waals surface area contributed by atoms with Crippen molar-refractivity contribution in [3.8, 4) is 0 Å². The van der Waals surface area contributed by atoms with Crippen molar-refractivity contribution in [3.63, 3.8) is 0 Å². The molecule has 358 valence electrons. The molecule has 0 saturated carbocycles. The van der Waals surface area contributed by atoms with Gasteiger partial charge in [-0.2, -0.15) is 0 Å². The van der Waals surface area contributed by atoms with Gasteiger partial charge in [0.15, 0.2) is 0 Å². The van der Waals surface area contributed by atoms with Crippen LogP contribution < -0.4 is 0 Å². The average Bonchev–Trinajstić information content (AvgIpc) is 3.26. The molecule has 0 N–H and O–H groups in total. The second-order valence-electron chi connectivity index (χ2n) is 19.1. The standard InChI is InChI=1S/C54H102N2O5/c1-5-7-9-11-13-14-15-16-17-18-19-20-21-24-28-34-48-60-53(58)41-46-56(43-33-32-38-52(57)51-39-44-55(4)45-40-51)47-42-54(59)61-49-35-29-25-23-27-31-37-50(3)36-30-26-22-12-10-8-6-2/h16-17,50-51H,5-15,18-49H2,1-4H3/b17-16-. The zero-order chi connectivity index (χ0) is 44.3. The number of rotatable bonds is 45. The first-order chi connectivity index (χ1) is 29.8. The van der Waals surface area contributed by atoms with E-state index in [2.05, 4.69) is 49.8 Å². The van der Waals surface area contributed by atoms with Crippen LogP contribution in [-0.4, -0.2) is 80.5 Å². The summed E-state index contributed by atoms with van der Waals surface area (Å²) in [5.74, 6) is 1.16. The number of nitrogens with zero attached hydrogens (tertiary/aromatic N) is 2. The van der Waals surface area contributed by atoms with Crippen molar-refractivity contribution < 1.29 is 23.9 Å². The van der Waals surface area contributed by atoms with Crippen LogP contribution in [0, 0.1) is 11.8 Å². The minimum atomic E-state index is -0.157. The monoisotopic (exact) mass is 859 g/mol. The number of unbranched alkanes of at least 4 members (excludes halogenated alkanes) is 24. The summed E-state index contributed by atoms with van der Waals surface area (Å²) in [5.41, 5.74) is 0. The van der Waals surface area contributed by atoms with Gasteiger partial charge in [0.2, 0.25) is 0 Å². The SMILES string of the molecule is CCCCCCCC/C=C\CCCCCCCCOC(=O)CCN(CCCCC(=O)C1CCN(C)CC1)CCC(=O)OCCCCCCCCC(C)CCCCCCCCC. The molecule has 61 heavy (non-hydrogen) atoms. The second kappa shape index (κ2) is 43.5. The predicted molar refractivity (Wildman–Crippen MR) is 260 cm³/mol. The first-order valence-corrected chi connectivity index (χ1v) is 26.8. The number of hydrogen-bond acceptors (Lipinski definition) is 7. The van der Waals surface area contributed by atoms with Crippen LogP contribution >= 0.6 is 0 Å². The topological polar surface area (TPSA) is 76.2 Å². The Labute approximate surface area is 379 Å². The molecule has 0 aromatic carbocycles. The van der Waals surface area contributed by atoms with Crippen molar-refractivity contribution in [1.82, 2.24) is 9.80 Å². The molecule has 7 heteroatoms. The molecule has 0 aromatic heterocycles. The molecule has 0 aromatic rings. The highest BCUT2D eigenvalue weighted by Crippen LogP contribution is 2.21. The lowest BCUT2D eigenvalue weighted by atomic mass is 9.90. The fraction of sp³-hybridized carbons (Fsp3) is 0.907. The molecular formula is C54H102N2O5. The molecule has 1 fully saturated rings. The van der Waals surface area contributed by atoms with E-state index in [1.165, 1.54) is 161 Å². The van der Waals surface area contributed by atoms with E-state index in [1.807, 2.05) is 0 Å². The van der Waals surface area contributed by atoms with Gasteiger partial charge in [-0.05, 0) is 96.8 Å². The Morgan fingerprint density at radius 2 is 0.934 bits per heavy atom. The van der Waals surface area contributed by atoms with Gasteiger partial charge in [0.05, 0.1) is 26.1 Å². The van der Waals surface area contributed by atoms with Gasteiger partial charge >= 0.3 is 11.9 Å². The molecule has 1 saturated heterocycles. The van der Waals surface area contributed by atoms with Crippen molar-refractivity contribution in [2.24, 2.45) is 11.8 Å². The molecule has 1 heterocycles. The third kappa shape index (κ3) is 38.5. The molecule has 0 aliphatic carbocycles. The van der Waals surface area contributed by atoms with Crippen LogP contribution in [0.1, 0.15) is 252 Å². The second-order valence-corrected chi connectivity index (χ2v) is 19.1. The maximum absolute atomic E-state index is 12.8. The van der Waals surface area contributed by atoms with Crippen molar-refractivity contribution >= 4 is 17.7 Å². The summed E-state index contributed by atoms with van der Waals surface area (Å²) in [5, 5.41) is 0. The summed E-state index contributed by atoms with van der Waals surface area (Å²) in [6.07, 6.45) is 47.1. The number of allylic oxidation sites excluding steroid dienone is 2. The number of Topliss-reactive ketones (excluding diaryl/α,β-unsaturated/α-hetero) is 1. The molecule has 0 bridgehead atoms.